The number of hydrogen-bond donors (Lipinski definition) is 1. The highest BCUT2D eigenvalue weighted by atomic mass is 16.5. The molecule has 1 N–H and O–H groups in total. The van der Waals surface area contributed by atoms with Crippen molar-refractivity contribution in [1.29, 1.82) is 0 Å². The topological polar surface area (TPSA) is 60.2 Å². The highest BCUT2D eigenvalue weighted by Gasteiger charge is 2.01. The third-order valence-electron chi connectivity index (χ3n) is 2.09. The Morgan fingerprint density at radius 3 is 3.00 bits per heavy atom. The summed E-state index contributed by atoms with van der Waals surface area (Å²) in [5.74, 6) is 1.38. The number of rotatable bonds is 4. The van der Waals surface area contributed by atoms with Crippen LogP contribution < -0.4 is 10.1 Å². The maximum Gasteiger partial charge on any atom is 0.214 e. The molecule has 0 aliphatic rings. The highest BCUT2D eigenvalue weighted by Crippen LogP contribution is 2.14. The molecule has 2 aromatic rings. The fourth-order valence-electron chi connectivity index (χ4n) is 1.32. The van der Waals surface area contributed by atoms with Crippen LogP contribution in [0.3, 0.4) is 0 Å². The molecule has 2 heterocycles. The number of nitrogens with zero attached hydrogens (tertiary/aromatic N) is 2. The van der Waals surface area contributed by atoms with Gasteiger partial charge in [-0.2, -0.15) is 0 Å². The average molecular weight is 219 g/mol. The first kappa shape index (κ1) is 10.5. The minimum atomic E-state index is 0.582. The van der Waals surface area contributed by atoms with Crippen molar-refractivity contribution in [2.75, 3.05) is 12.4 Å². The van der Waals surface area contributed by atoms with Gasteiger partial charge in [0, 0.05) is 24.0 Å². The SMILES string of the molecule is COc1cc(NCc2cc(C)no2)ccn1. The molecular weight excluding hydrogens is 206 g/mol. The largest absolute Gasteiger partial charge is 0.481 e. The van der Waals surface area contributed by atoms with Crippen molar-refractivity contribution in [3.63, 3.8) is 0 Å². The second-order valence-electron chi connectivity index (χ2n) is 3.38. The van der Waals surface area contributed by atoms with Crippen molar-refractivity contribution in [3.8, 4) is 5.88 Å². The molecule has 2 rings (SSSR count). The predicted molar refractivity (Wildman–Crippen MR) is 59.4 cm³/mol. The molecule has 16 heavy (non-hydrogen) atoms. The van der Waals surface area contributed by atoms with Crippen LogP contribution in [0.5, 0.6) is 5.88 Å². The number of ether oxygens (including phenoxy) is 1. The Morgan fingerprint density at radius 2 is 2.31 bits per heavy atom. The summed E-state index contributed by atoms with van der Waals surface area (Å²) in [6, 6.07) is 5.58. The molecular formula is C11H13N3O2. The molecule has 0 saturated heterocycles. The van der Waals surface area contributed by atoms with E-state index in [1.165, 1.54) is 0 Å². The molecule has 0 spiro atoms. The Hall–Kier alpha value is -2.04. The van der Waals surface area contributed by atoms with Crippen LogP contribution in [0.15, 0.2) is 28.9 Å². The van der Waals surface area contributed by atoms with Gasteiger partial charge < -0.3 is 14.6 Å². The number of methoxy groups -OCH3 is 1. The van der Waals surface area contributed by atoms with Gasteiger partial charge in [0.1, 0.15) is 0 Å². The Bertz CT molecular complexity index is 468. The number of aromatic nitrogens is 2. The van der Waals surface area contributed by atoms with Crippen LogP contribution in [0, 0.1) is 6.92 Å². The molecule has 0 unspecified atom stereocenters. The van der Waals surface area contributed by atoms with E-state index in [0.29, 0.717) is 12.4 Å². The fraction of sp³-hybridized carbons (Fsp3) is 0.273. The lowest BCUT2D eigenvalue weighted by Crippen LogP contribution is -1.98. The zero-order valence-corrected chi connectivity index (χ0v) is 9.23. The van der Waals surface area contributed by atoms with E-state index in [4.69, 9.17) is 9.26 Å². The van der Waals surface area contributed by atoms with Gasteiger partial charge in [0.2, 0.25) is 5.88 Å². The minimum absolute atomic E-state index is 0.582. The Morgan fingerprint density at radius 1 is 1.44 bits per heavy atom. The van der Waals surface area contributed by atoms with Crippen molar-refractivity contribution >= 4 is 5.69 Å². The summed E-state index contributed by atoms with van der Waals surface area (Å²) in [6.45, 7) is 2.48. The second-order valence-corrected chi connectivity index (χ2v) is 3.38. The highest BCUT2D eigenvalue weighted by molar-refractivity contribution is 5.45. The summed E-state index contributed by atoms with van der Waals surface area (Å²) in [4.78, 5) is 4.02. The molecule has 0 aliphatic carbocycles. The molecule has 0 radical (unpaired) electrons. The van der Waals surface area contributed by atoms with Crippen molar-refractivity contribution in [2.45, 2.75) is 13.5 Å². The quantitative estimate of drug-likeness (QED) is 0.852. The molecule has 5 heteroatoms. The molecule has 0 aliphatic heterocycles. The molecule has 0 bridgehead atoms. The van der Waals surface area contributed by atoms with E-state index >= 15 is 0 Å². The predicted octanol–water partition coefficient (Wildman–Crippen LogP) is 2.00. The summed E-state index contributed by atoms with van der Waals surface area (Å²) in [5, 5.41) is 7.01. The third-order valence-corrected chi connectivity index (χ3v) is 2.09. The molecule has 0 amide bonds. The molecule has 0 atom stereocenters. The number of pyridine rings is 1. The Kier molecular flexibility index (Phi) is 3.05. The third kappa shape index (κ3) is 2.50. The molecule has 2 aromatic heterocycles. The van der Waals surface area contributed by atoms with Gasteiger partial charge in [-0.1, -0.05) is 5.16 Å². The van der Waals surface area contributed by atoms with Crippen LogP contribution >= 0.6 is 0 Å². The monoisotopic (exact) mass is 219 g/mol. The van der Waals surface area contributed by atoms with E-state index in [2.05, 4.69) is 15.5 Å². The molecule has 5 nitrogen and oxygen atoms in total. The first-order valence-corrected chi connectivity index (χ1v) is 4.94. The maximum absolute atomic E-state index is 5.08. The normalized spacial score (nSPS) is 10.1. The van der Waals surface area contributed by atoms with Crippen molar-refractivity contribution in [2.24, 2.45) is 0 Å². The number of anilines is 1. The lowest BCUT2D eigenvalue weighted by atomic mass is 10.3. The average Bonchev–Trinajstić information content (AvgIpc) is 2.73. The van der Waals surface area contributed by atoms with E-state index in [-0.39, 0.29) is 0 Å². The Balaban J connectivity index is 1.99. The zero-order valence-electron chi connectivity index (χ0n) is 9.23. The van der Waals surface area contributed by atoms with Crippen LogP contribution in [0.4, 0.5) is 5.69 Å². The first-order valence-electron chi connectivity index (χ1n) is 4.94. The van der Waals surface area contributed by atoms with E-state index < -0.39 is 0 Å². The maximum atomic E-state index is 5.08. The second kappa shape index (κ2) is 4.65. The standard InChI is InChI=1S/C11H13N3O2/c1-8-5-10(16-14-8)7-13-9-3-4-12-11(6-9)15-2/h3-6H,7H2,1-2H3,(H,12,13). The molecule has 0 aromatic carbocycles. The van der Waals surface area contributed by atoms with Gasteiger partial charge >= 0.3 is 0 Å². The molecule has 0 saturated carbocycles. The number of nitrogens with one attached hydrogen (secondary N) is 1. The molecule has 84 valence electrons. The smallest absolute Gasteiger partial charge is 0.214 e. The van der Waals surface area contributed by atoms with Crippen LogP contribution in [0.25, 0.3) is 0 Å². The van der Waals surface area contributed by atoms with Gasteiger partial charge in [-0.3, -0.25) is 0 Å². The van der Waals surface area contributed by atoms with Crippen LogP contribution in [-0.4, -0.2) is 17.3 Å². The van der Waals surface area contributed by atoms with Crippen LogP contribution in [-0.2, 0) is 6.54 Å². The van der Waals surface area contributed by atoms with Gasteiger partial charge in [-0.25, -0.2) is 4.98 Å². The van der Waals surface area contributed by atoms with E-state index in [9.17, 15) is 0 Å². The van der Waals surface area contributed by atoms with Crippen LogP contribution in [0.2, 0.25) is 0 Å². The summed E-state index contributed by atoms with van der Waals surface area (Å²) in [6.07, 6.45) is 1.69. The van der Waals surface area contributed by atoms with Gasteiger partial charge in [0.25, 0.3) is 0 Å². The summed E-state index contributed by atoms with van der Waals surface area (Å²) >= 11 is 0. The van der Waals surface area contributed by atoms with Gasteiger partial charge in [-0.05, 0) is 13.0 Å². The molecule has 0 fully saturated rings. The van der Waals surface area contributed by atoms with Crippen molar-refractivity contribution < 1.29 is 9.26 Å². The minimum Gasteiger partial charge on any atom is -0.481 e. The first-order chi connectivity index (χ1) is 7.78. The number of aryl methyl sites for hydroxylation is 1. The summed E-state index contributed by atoms with van der Waals surface area (Å²) in [5.41, 5.74) is 1.81. The number of hydrogen-bond acceptors (Lipinski definition) is 5. The Labute approximate surface area is 93.4 Å². The zero-order chi connectivity index (χ0) is 11.4. The van der Waals surface area contributed by atoms with E-state index in [0.717, 1.165) is 17.1 Å². The van der Waals surface area contributed by atoms with E-state index in [1.54, 1.807) is 13.3 Å². The summed E-state index contributed by atoms with van der Waals surface area (Å²) in [7, 11) is 1.59. The van der Waals surface area contributed by atoms with Crippen molar-refractivity contribution in [1.82, 2.24) is 10.1 Å². The lowest BCUT2D eigenvalue weighted by molar-refractivity contribution is 0.384. The van der Waals surface area contributed by atoms with Gasteiger partial charge in [0.15, 0.2) is 5.76 Å². The lowest BCUT2D eigenvalue weighted by Gasteiger charge is -2.04. The van der Waals surface area contributed by atoms with E-state index in [1.807, 2.05) is 25.1 Å². The fourth-order valence-corrected chi connectivity index (χ4v) is 1.32. The van der Waals surface area contributed by atoms with Crippen LogP contribution in [0.1, 0.15) is 11.5 Å². The summed E-state index contributed by atoms with van der Waals surface area (Å²) < 4.78 is 10.1. The van der Waals surface area contributed by atoms with Gasteiger partial charge in [0.05, 0.1) is 19.3 Å². The van der Waals surface area contributed by atoms with Crippen molar-refractivity contribution in [3.05, 3.63) is 35.9 Å². The van der Waals surface area contributed by atoms with Gasteiger partial charge in [-0.15, -0.1) is 0 Å².